The molecule has 2 atom stereocenters. The Hall–Kier alpha value is -2.01. The molecule has 0 aliphatic carbocycles. The molecule has 3 fully saturated rings. The number of hydrogen-bond acceptors (Lipinski definition) is 3. The first-order valence-corrected chi connectivity index (χ1v) is 8.54. The molecule has 0 radical (unpaired) electrons. The summed E-state index contributed by atoms with van der Waals surface area (Å²) in [5.41, 5.74) is 2.20. The molecule has 3 aliphatic rings. The minimum absolute atomic E-state index is 0.448. The molecule has 3 saturated heterocycles. The quantitative estimate of drug-likeness (QED) is 0.925. The van der Waals surface area contributed by atoms with Crippen LogP contribution in [0, 0.1) is 17.6 Å². The highest BCUT2D eigenvalue weighted by Gasteiger charge is 2.39. The molecule has 2 bridgehead atoms. The van der Waals surface area contributed by atoms with E-state index in [1.54, 1.807) is 12.3 Å². The zero-order valence-electron chi connectivity index (χ0n) is 13.7. The van der Waals surface area contributed by atoms with Gasteiger partial charge in [-0.05, 0) is 69.1 Å². The maximum Gasteiger partial charge on any atom is 0.159 e. The van der Waals surface area contributed by atoms with Crippen LogP contribution < -0.4 is 5.32 Å². The molecular formula is C19H21F2N3. The lowest BCUT2D eigenvalue weighted by molar-refractivity contribution is 0.0458. The van der Waals surface area contributed by atoms with Crippen LogP contribution in [0.1, 0.15) is 19.8 Å². The summed E-state index contributed by atoms with van der Waals surface area (Å²) in [6, 6.07) is 8.65. The van der Waals surface area contributed by atoms with Crippen molar-refractivity contribution in [3.8, 4) is 11.3 Å². The minimum atomic E-state index is -0.849. The second-order valence-corrected chi connectivity index (χ2v) is 6.85. The first-order valence-electron chi connectivity index (χ1n) is 8.54. The molecule has 24 heavy (non-hydrogen) atoms. The van der Waals surface area contributed by atoms with Crippen LogP contribution in [0.4, 0.5) is 14.5 Å². The largest absolute Gasteiger partial charge is 0.379 e. The fourth-order valence-electron chi connectivity index (χ4n) is 4.04. The van der Waals surface area contributed by atoms with Crippen molar-refractivity contribution in [2.24, 2.45) is 5.92 Å². The summed E-state index contributed by atoms with van der Waals surface area (Å²) >= 11 is 0. The normalized spacial score (nSPS) is 28.8. The van der Waals surface area contributed by atoms with E-state index < -0.39 is 11.6 Å². The predicted molar refractivity (Wildman–Crippen MR) is 90.8 cm³/mol. The Kier molecular flexibility index (Phi) is 3.96. The highest BCUT2D eigenvalue weighted by atomic mass is 19.2. The van der Waals surface area contributed by atoms with E-state index in [1.807, 2.05) is 12.1 Å². The Morgan fingerprint density at radius 2 is 1.88 bits per heavy atom. The third-order valence-electron chi connectivity index (χ3n) is 5.49. The lowest BCUT2D eigenvalue weighted by Crippen LogP contribution is -2.59. The average molecular weight is 329 g/mol. The number of benzene rings is 1. The van der Waals surface area contributed by atoms with Crippen molar-refractivity contribution in [2.75, 3.05) is 18.4 Å². The molecule has 0 amide bonds. The maximum absolute atomic E-state index is 13.4. The SMILES string of the molecule is C[C@@H]1[C@H](Nc2ccc(-c3ccc(F)c(F)c3)nc2)C2CCN1CC2. The van der Waals surface area contributed by atoms with Crippen LogP contribution in [-0.4, -0.2) is 35.1 Å². The van der Waals surface area contributed by atoms with Gasteiger partial charge in [0.05, 0.1) is 17.6 Å². The predicted octanol–water partition coefficient (Wildman–Crippen LogP) is 3.92. The van der Waals surface area contributed by atoms with E-state index in [0.29, 0.717) is 23.3 Å². The molecule has 2 aromatic rings. The second-order valence-electron chi connectivity index (χ2n) is 6.85. The van der Waals surface area contributed by atoms with Gasteiger partial charge in [-0.15, -0.1) is 0 Å². The van der Waals surface area contributed by atoms with E-state index in [1.165, 1.54) is 32.0 Å². The van der Waals surface area contributed by atoms with E-state index in [4.69, 9.17) is 0 Å². The van der Waals surface area contributed by atoms with Gasteiger partial charge in [0, 0.05) is 17.6 Å². The molecule has 5 heteroatoms. The summed E-state index contributed by atoms with van der Waals surface area (Å²) in [6.07, 6.45) is 4.28. The monoisotopic (exact) mass is 329 g/mol. The van der Waals surface area contributed by atoms with Gasteiger partial charge >= 0.3 is 0 Å². The van der Waals surface area contributed by atoms with Crippen molar-refractivity contribution < 1.29 is 8.78 Å². The fraction of sp³-hybridized carbons (Fsp3) is 0.421. The number of anilines is 1. The summed E-state index contributed by atoms with van der Waals surface area (Å²) in [5.74, 6) is -0.971. The zero-order valence-corrected chi connectivity index (χ0v) is 13.7. The Bertz CT molecular complexity index is 722. The van der Waals surface area contributed by atoms with Gasteiger partial charge in [0.15, 0.2) is 11.6 Å². The number of aromatic nitrogens is 1. The van der Waals surface area contributed by atoms with Crippen molar-refractivity contribution in [3.05, 3.63) is 48.2 Å². The molecule has 0 unspecified atom stereocenters. The van der Waals surface area contributed by atoms with Gasteiger partial charge in [0.2, 0.25) is 0 Å². The van der Waals surface area contributed by atoms with Crippen molar-refractivity contribution in [3.63, 3.8) is 0 Å². The van der Waals surface area contributed by atoms with Crippen LogP contribution in [0.5, 0.6) is 0 Å². The average Bonchev–Trinajstić information content (AvgIpc) is 2.61. The Balaban J connectivity index is 1.50. The smallest absolute Gasteiger partial charge is 0.159 e. The summed E-state index contributed by atoms with van der Waals surface area (Å²) in [7, 11) is 0. The van der Waals surface area contributed by atoms with E-state index >= 15 is 0 Å². The molecule has 5 rings (SSSR count). The molecule has 4 heterocycles. The summed E-state index contributed by atoms with van der Waals surface area (Å²) in [4.78, 5) is 6.95. The molecule has 3 nitrogen and oxygen atoms in total. The lowest BCUT2D eigenvalue weighted by atomic mass is 9.79. The van der Waals surface area contributed by atoms with Crippen molar-refractivity contribution >= 4 is 5.69 Å². The second kappa shape index (κ2) is 6.13. The molecule has 0 spiro atoms. The first-order chi connectivity index (χ1) is 11.6. The standard InChI is InChI=1S/C19H21F2N3/c1-12-19(13-6-8-24(12)9-7-13)23-15-3-5-18(22-11-15)14-2-4-16(20)17(21)10-14/h2-5,10-13,19,23H,6-9H2,1H3/t12-,19+/m1/s1. The molecule has 0 saturated carbocycles. The number of nitrogens with zero attached hydrogens (tertiary/aromatic N) is 2. The van der Waals surface area contributed by atoms with E-state index in [9.17, 15) is 8.78 Å². The van der Waals surface area contributed by atoms with Crippen LogP contribution in [0.2, 0.25) is 0 Å². The first kappa shape index (κ1) is 15.5. The molecule has 1 aromatic carbocycles. The van der Waals surface area contributed by atoms with Crippen LogP contribution >= 0.6 is 0 Å². The van der Waals surface area contributed by atoms with Crippen LogP contribution in [0.25, 0.3) is 11.3 Å². The summed E-state index contributed by atoms with van der Waals surface area (Å²) < 4.78 is 26.4. The van der Waals surface area contributed by atoms with Crippen molar-refractivity contribution in [1.82, 2.24) is 9.88 Å². The fourth-order valence-corrected chi connectivity index (χ4v) is 4.04. The highest BCUT2D eigenvalue weighted by molar-refractivity contribution is 5.61. The van der Waals surface area contributed by atoms with Crippen molar-refractivity contribution in [1.29, 1.82) is 0 Å². The van der Waals surface area contributed by atoms with Gasteiger partial charge < -0.3 is 5.32 Å². The number of halogens is 2. The number of piperidine rings is 3. The van der Waals surface area contributed by atoms with E-state index in [-0.39, 0.29) is 0 Å². The van der Waals surface area contributed by atoms with E-state index in [2.05, 4.69) is 22.1 Å². The Morgan fingerprint density at radius 3 is 2.50 bits per heavy atom. The van der Waals surface area contributed by atoms with Gasteiger partial charge in [-0.3, -0.25) is 9.88 Å². The van der Waals surface area contributed by atoms with Crippen molar-refractivity contribution in [2.45, 2.75) is 31.8 Å². The van der Waals surface area contributed by atoms with Crippen LogP contribution in [0.3, 0.4) is 0 Å². The number of fused-ring (bicyclic) bond motifs is 3. The number of rotatable bonds is 3. The van der Waals surface area contributed by atoms with Gasteiger partial charge in [-0.2, -0.15) is 0 Å². The van der Waals surface area contributed by atoms with Gasteiger partial charge in [0.1, 0.15) is 0 Å². The van der Waals surface area contributed by atoms with E-state index in [0.717, 1.165) is 17.7 Å². The molecular weight excluding hydrogens is 308 g/mol. The van der Waals surface area contributed by atoms with Gasteiger partial charge in [-0.1, -0.05) is 0 Å². The summed E-state index contributed by atoms with van der Waals surface area (Å²) in [5, 5.41) is 3.62. The number of hydrogen-bond donors (Lipinski definition) is 1. The third kappa shape index (κ3) is 2.77. The minimum Gasteiger partial charge on any atom is -0.379 e. The Labute approximate surface area is 140 Å². The topological polar surface area (TPSA) is 28.2 Å². The Morgan fingerprint density at radius 1 is 1.08 bits per heavy atom. The third-order valence-corrected chi connectivity index (χ3v) is 5.49. The molecule has 3 aliphatic heterocycles. The molecule has 126 valence electrons. The lowest BCUT2D eigenvalue weighted by Gasteiger charge is -2.50. The van der Waals surface area contributed by atoms with Crippen LogP contribution in [0.15, 0.2) is 36.5 Å². The molecule has 1 aromatic heterocycles. The summed E-state index contributed by atoms with van der Waals surface area (Å²) in [6.45, 7) is 4.70. The zero-order chi connectivity index (χ0) is 16.7. The molecule has 1 N–H and O–H groups in total. The highest BCUT2D eigenvalue weighted by Crippen LogP contribution is 2.34. The van der Waals surface area contributed by atoms with Gasteiger partial charge in [-0.25, -0.2) is 8.78 Å². The number of nitrogens with one attached hydrogen (secondary N) is 1. The maximum atomic E-state index is 13.4. The number of pyridine rings is 1. The van der Waals surface area contributed by atoms with Gasteiger partial charge in [0.25, 0.3) is 0 Å². The van der Waals surface area contributed by atoms with Crippen LogP contribution in [-0.2, 0) is 0 Å².